The molecule has 9 aromatic rings. The van der Waals surface area contributed by atoms with E-state index in [1.165, 1.54) is 64.0 Å². The van der Waals surface area contributed by atoms with Crippen LogP contribution in [0.4, 0.5) is 0 Å². The summed E-state index contributed by atoms with van der Waals surface area (Å²) in [6, 6.07) is 54.3. The largest absolute Gasteiger partial charge is 0.300 e. The molecule has 2 aromatic heterocycles. The first-order valence-electron chi connectivity index (χ1n) is 17.5. The number of para-hydroxylation sites is 1. The maximum atomic E-state index is 8.63. The van der Waals surface area contributed by atoms with Gasteiger partial charge in [-0.2, -0.15) is 0 Å². The van der Waals surface area contributed by atoms with Gasteiger partial charge >= 0.3 is 0 Å². The number of rotatable bonds is 5. The molecule has 0 spiro atoms. The second kappa shape index (κ2) is 12.3. The standard InChI is InChI=1S/C48H31N3S/c49-42-18-7-4-14-40(42)47(33-11-2-1-3-12-33)50-30-51-43-19-8-5-15-41(43)46-36-27-25-34(29-35(36)26-28-44(46)51)31-21-23-32(24-22-31)37-16-10-17-39-38-13-6-9-20-45(38)52-48(37)39/h1-30,49H/b47-40-,49-42?,50-30+. The number of fused-ring (bicyclic) bond motifs is 8. The first-order valence-corrected chi connectivity index (χ1v) is 18.3. The number of hydrogen-bond acceptors (Lipinski definition) is 3. The SMILES string of the molecule is N=C1C=CC=C/C1=C(/N=C/n1c2ccccc2c2c3ccc(-c4ccc(-c5cccc6c5sc5ccccc56)cc4)cc3ccc21)c1ccccc1. The quantitative estimate of drug-likeness (QED) is 0.139. The molecule has 7 aromatic carbocycles. The molecule has 0 radical (unpaired) electrons. The molecule has 1 aliphatic rings. The first-order chi connectivity index (χ1) is 25.7. The maximum Gasteiger partial charge on any atom is 0.100 e. The Morgan fingerprint density at radius 2 is 1.31 bits per heavy atom. The van der Waals surface area contributed by atoms with Crippen LogP contribution in [0.2, 0.25) is 0 Å². The Balaban J connectivity index is 1.05. The zero-order valence-corrected chi connectivity index (χ0v) is 28.9. The lowest BCUT2D eigenvalue weighted by Crippen LogP contribution is -2.03. The number of aliphatic imine (C=N–C) groups is 1. The Hall–Kier alpha value is -6.62. The number of thiophene rings is 1. The fraction of sp³-hybridized carbons (Fsp3) is 0. The van der Waals surface area contributed by atoms with Gasteiger partial charge in [-0.15, -0.1) is 11.3 Å². The van der Waals surface area contributed by atoms with Crippen LogP contribution in [0.3, 0.4) is 0 Å². The van der Waals surface area contributed by atoms with Crippen LogP contribution in [0.25, 0.3) is 80.7 Å². The van der Waals surface area contributed by atoms with Crippen LogP contribution < -0.4 is 0 Å². The summed E-state index contributed by atoms with van der Waals surface area (Å²) in [5.74, 6) is 0. The molecule has 2 heterocycles. The third kappa shape index (κ3) is 4.96. The lowest BCUT2D eigenvalue weighted by atomic mass is 9.96. The normalized spacial score (nSPS) is 14.2. The van der Waals surface area contributed by atoms with E-state index in [9.17, 15) is 0 Å². The highest BCUT2D eigenvalue weighted by Gasteiger charge is 2.16. The summed E-state index contributed by atoms with van der Waals surface area (Å²) in [6.45, 7) is 0. The molecule has 0 atom stereocenters. The van der Waals surface area contributed by atoms with Crippen LogP contribution in [-0.2, 0) is 0 Å². The molecule has 4 heteroatoms. The number of nitrogens with one attached hydrogen (secondary N) is 1. The number of aromatic nitrogens is 1. The van der Waals surface area contributed by atoms with Gasteiger partial charge in [0.2, 0.25) is 0 Å². The second-order valence-electron chi connectivity index (χ2n) is 13.1. The van der Waals surface area contributed by atoms with E-state index in [-0.39, 0.29) is 0 Å². The molecule has 0 aliphatic heterocycles. The maximum absolute atomic E-state index is 8.63. The summed E-state index contributed by atoms with van der Waals surface area (Å²) in [6.07, 6.45) is 9.56. The summed E-state index contributed by atoms with van der Waals surface area (Å²) in [4.78, 5) is 5.09. The molecular weight excluding hydrogens is 651 g/mol. The number of nitrogens with zero attached hydrogens (tertiary/aromatic N) is 2. The average molecular weight is 682 g/mol. The lowest BCUT2D eigenvalue weighted by Gasteiger charge is -2.11. The fourth-order valence-electron chi connectivity index (χ4n) is 7.65. The van der Waals surface area contributed by atoms with Crippen LogP contribution in [0.1, 0.15) is 5.56 Å². The van der Waals surface area contributed by atoms with E-state index in [1.807, 2.05) is 60.2 Å². The van der Waals surface area contributed by atoms with Crippen molar-refractivity contribution in [2.75, 3.05) is 0 Å². The van der Waals surface area contributed by atoms with Gasteiger partial charge in [-0.1, -0.05) is 146 Å². The molecule has 3 nitrogen and oxygen atoms in total. The van der Waals surface area contributed by atoms with Crippen molar-refractivity contribution < 1.29 is 0 Å². The third-order valence-electron chi connectivity index (χ3n) is 10.2. The van der Waals surface area contributed by atoms with Gasteiger partial charge in [0.15, 0.2) is 0 Å². The highest BCUT2D eigenvalue weighted by molar-refractivity contribution is 7.26. The molecule has 0 amide bonds. The highest BCUT2D eigenvalue weighted by atomic mass is 32.1. The van der Waals surface area contributed by atoms with Crippen molar-refractivity contribution in [3.8, 4) is 22.3 Å². The monoisotopic (exact) mass is 681 g/mol. The van der Waals surface area contributed by atoms with Gasteiger partial charge in [0.25, 0.3) is 0 Å². The van der Waals surface area contributed by atoms with Crippen LogP contribution in [-0.4, -0.2) is 16.6 Å². The van der Waals surface area contributed by atoms with Crippen molar-refractivity contribution in [3.63, 3.8) is 0 Å². The predicted molar refractivity (Wildman–Crippen MR) is 224 cm³/mol. The second-order valence-corrected chi connectivity index (χ2v) is 14.2. The first kappa shape index (κ1) is 30.2. The Morgan fingerprint density at radius 3 is 2.17 bits per heavy atom. The van der Waals surface area contributed by atoms with Gasteiger partial charge in [-0.25, -0.2) is 4.99 Å². The fourth-order valence-corrected chi connectivity index (χ4v) is 8.89. The minimum absolute atomic E-state index is 0.450. The molecule has 0 bridgehead atoms. The molecule has 0 fully saturated rings. The summed E-state index contributed by atoms with van der Waals surface area (Å²) in [5, 5.41) is 16.1. The summed E-state index contributed by atoms with van der Waals surface area (Å²) in [5.41, 5.74) is 10.1. The number of allylic oxidation sites excluding steroid dienone is 5. The van der Waals surface area contributed by atoms with E-state index in [1.54, 1.807) is 0 Å². The lowest BCUT2D eigenvalue weighted by molar-refractivity contribution is 1.30. The molecule has 10 rings (SSSR count). The van der Waals surface area contributed by atoms with Crippen LogP contribution in [0, 0.1) is 5.41 Å². The average Bonchev–Trinajstić information content (AvgIpc) is 3.75. The molecule has 0 unspecified atom stereocenters. The van der Waals surface area contributed by atoms with Gasteiger partial charge in [-0.3, -0.25) is 4.57 Å². The molecule has 1 N–H and O–H groups in total. The van der Waals surface area contributed by atoms with Crippen molar-refractivity contribution in [2.45, 2.75) is 0 Å². The van der Waals surface area contributed by atoms with E-state index in [0.29, 0.717) is 5.71 Å². The minimum Gasteiger partial charge on any atom is -0.300 e. The zero-order chi connectivity index (χ0) is 34.6. The Morgan fingerprint density at radius 1 is 0.577 bits per heavy atom. The van der Waals surface area contributed by atoms with Crippen LogP contribution in [0.5, 0.6) is 0 Å². The number of benzene rings is 7. The van der Waals surface area contributed by atoms with Crippen molar-refractivity contribution in [1.29, 1.82) is 5.41 Å². The summed E-state index contributed by atoms with van der Waals surface area (Å²) in [7, 11) is 0. The Labute approximate surface area is 304 Å². The molecule has 52 heavy (non-hydrogen) atoms. The van der Waals surface area contributed by atoms with Crippen molar-refractivity contribution in [2.24, 2.45) is 4.99 Å². The molecule has 1 aliphatic carbocycles. The summed E-state index contributed by atoms with van der Waals surface area (Å²) < 4.78 is 4.85. The molecule has 0 saturated heterocycles. The smallest absolute Gasteiger partial charge is 0.100 e. The molecular formula is C48H31N3S. The number of hydrogen-bond donors (Lipinski definition) is 1. The van der Waals surface area contributed by atoms with Gasteiger partial charge < -0.3 is 5.41 Å². The van der Waals surface area contributed by atoms with Crippen molar-refractivity contribution in [3.05, 3.63) is 187 Å². The van der Waals surface area contributed by atoms with E-state index < -0.39 is 0 Å². The van der Waals surface area contributed by atoms with E-state index >= 15 is 0 Å². The topological polar surface area (TPSA) is 41.1 Å². The zero-order valence-electron chi connectivity index (χ0n) is 28.1. The molecule has 0 saturated carbocycles. The van der Waals surface area contributed by atoms with E-state index in [2.05, 4.69) is 138 Å². The van der Waals surface area contributed by atoms with Gasteiger partial charge in [-0.05, 0) is 63.4 Å². The highest BCUT2D eigenvalue weighted by Crippen LogP contribution is 2.41. The predicted octanol–water partition coefficient (Wildman–Crippen LogP) is 13.1. The van der Waals surface area contributed by atoms with E-state index in [4.69, 9.17) is 10.4 Å². The van der Waals surface area contributed by atoms with Crippen molar-refractivity contribution in [1.82, 2.24) is 4.57 Å². The Kier molecular flexibility index (Phi) is 7.15. The van der Waals surface area contributed by atoms with E-state index in [0.717, 1.165) is 27.9 Å². The van der Waals surface area contributed by atoms with Gasteiger partial charge in [0.05, 0.1) is 22.4 Å². The van der Waals surface area contributed by atoms with Gasteiger partial charge in [0, 0.05) is 42.1 Å². The third-order valence-corrected chi connectivity index (χ3v) is 11.4. The van der Waals surface area contributed by atoms with Gasteiger partial charge in [0.1, 0.15) is 6.34 Å². The summed E-state index contributed by atoms with van der Waals surface area (Å²) >= 11 is 1.87. The van der Waals surface area contributed by atoms with Crippen LogP contribution >= 0.6 is 11.3 Å². The van der Waals surface area contributed by atoms with Crippen LogP contribution in [0.15, 0.2) is 187 Å². The Bertz CT molecular complexity index is 3010. The molecule has 244 valence electrons. The van der Waals surface area contributed by atoms with Crippen molar-refractivity contribution >= 4 is 81.8 Å². The minimum atomic E-state index is 0.450.